The standard InChI is InChI=1S/C15H26N4O2/c1-15(2)5-3-4-11(15)14-17-13(18-21-14)12(16)10-19-6-8-20-9-7-19/h11-12H,3-10,16H2,1-2H3. The van der Waals surface area contributed by atoms with Crippen LogP contribution in [0.15, 0.2) is 4.52 Å². The molecule has 0 aromatic carbocycles. The van der Waals surface area contributed by atoms with Crippen molar-refractivity contribution >= 4 is 0 Å². The lowest BCUT2D eigenvalue weighted by Crippen LogP contribution is -2.40. The molecule has 2 N–H and O–H groups in total. The van der Waals surface area contributed by atoms with Crippen LogP contribution in [0.25, 0.3) is 0 Å². The zero-order valence-corrected chi connectivity index (χ0v) is 13.0. The molecule has 2 heterocycles. The molecule has 0 amide bonds. The number of rotatable bonds is 4. The first-order valence-electron chi connectivity index (χ1n) is 7.95. The van der Waals surface area contributed by atoms with E-state index in [0.29, 0.717) is 11.7 Å². The van der Waals surface area contributed by atoms with Gasteiger partial charge in [0.2, 0.25) is 5.89 Å². The second-order valence-corrected chi connectivity index (χ2v) is 6.94. The van der Waals surface area contributed by atoms with E-state index < -0.39 is 0 Å². The topological polar surface area (TPSA) is 77.4 Å². The quantitative estimate of drug-likeness (QED) is 0.910. The fourth-order valence-electron chi connectivity index (χ4n) is 3.47. The van der Waals surface area contributed by atoms with Crippen LogP contribution in [0.2, 0.25) is 0 Å². The minimum Gasteiger partial charge on any atom is -0.379 e. The molecule has 0 bridgehead atoms. The van der Waals surface area contributed by atoms with Crippen molar-refractivity contribution in [3.63, 3.8) is 0 Å². The Morgan fingerprint density at radius 1 is 1.38 bits per heavy atom. The maximum atomic E-state index is 6.24. The van der Waals surface area contributed by atoms with Gasteiger partial charge in [-0.05, 0) is 18.3 Å². The Hall–Kier alpha value is -0.980. The fraction of sp³-hybridized carbons (Fsp3) is 0.867. The average molecular weight is 294 g/mol. The normalized spacial score (nSPS) is 27.9. The fourth-order valence-corrected chi connectivity index (χ4v) is 3.47. The second kappa shape index (κ2) is 6.02. The minimum absolute atomic E-state index is 0.190. The van der Waals surface area contributed by atoms with Gasteiger partial charge in [0.05, 0.1) is 19.3 Å². The SMILES string of the molecule is CC1(C)CCCC1c1nc(C(N)CN2CCOCC2)no1. The molecule has 1 saturated carbocycles. The molecule has 2 fully saturated rings. The third kappa shape index (κ3) is 3.27. The van der Waals surface area contributed by atoms with Crippen molar-refractivity contribution in [3.05, 3.63) is 11.7 Å². The molecule has 1 aromatic rings. The predicted molar refractivity (Wildman–Crippen MR) is 78.9 cm³/mol. The van der Waals surface area contributed by atoms with Crippen LogP contribution in [-0.4, -0.2) is 47.9 Å². The van der Waals surface area contributed by atoms with Gasteiger partial charge in [-0.15, -0.1) is 0 Å². The molecule has 6 nitrogen and oxygen atoms in total. The lowest BCUT2D eigenvalue weighted by molar-refractivity contribution is 0.0348. The number of hydrogen-bond donors (Lipinski definition) is 1. The van der Waals surface area contributed by atoms with Crippen LogP contribution in [0.1, 0.15) is 56.8 Å². The number of nitrogens with two attached hydrogens (primary N) is 1. The Kier molecular flexibility index (Phi) is 4.28. The van der Waals surface area contributed by atoms with Crippen LogP contribution >= 0.6 is 0 Å². The van der Waals surface area contributed by atoms with Crippen molar-refractivity contribution in [2.75, 3.05) is 32.8 Å². The van der Waals surface area contributed by atoms with Gasteiger partial charge in [-0.1, -0.05) is 25.4 Å². The van der Waals surface area contributed by atoms with Crippen LogP contribution in [0.5, 0.6) is 0 Å². The summed E-state index contributed by atoms with van der Waals surface area (Å²) in [4.78, 5) is 6.89. The first-order chi connectivity index (χ1) is 10.1. The number of morpholine rings is 1. The van der Waals surface area contributed by atoms with Crippen LogP contribution in [0.3, 0.4) is 0 Å². The van der Waals surface area contributed by atoms with E-state index in [0.717, 1.165) is 45.2 Å². The van der Waals surface area contributed by atoms with Crippen molar-refractivity contribution in [2.45, 2.75) is 45.1 Å². The summed E-state index contributed by atoms with van der Waals surface area (Å²) in [5.74, 6) is 1.78. The molecule has 1 aromatic heterocycles. The van der Waals surface area contributed by atoms with Crippen molar-refractivity contribution in [1.29, 1.82) is 0 Å². The number of ether oxygens (including phenoxy) is 1. The van der Waals surface area contributed by atoms with Crippen LogP contribution in [0, 0.1) is 5.41 Å². The summed E-state index contributed by atoms with van der Waals surface area (Å²) in [6.07, 6.45) is 3.58. The monoisotopic (exact) mass is 294 g/mol. The van der Waals surface area contributed by atoms with Gasteiger partial charge >= 0.3 is 0 Å². The van der Waals surface area contributed by atoms with E-state index in [2.05, 4.69) is 28.9 Å². The Balaban J connectivity index is 1.64. The van der Waals surface area contributed by atoms with Gasteiger partial charge in [0.15, 0.2) is 5.82 Å². The van der Waals surface area contributed by atoms with Crippen molar-refractivity contribution in [2.24, 2.45) is 11.1 Å². The van der Waals surface area contributed by atoms with Crippen LogP contribution in [0.4, 0.5) is 0 Å². The number of nitrogens with zero attached hydrogens (tertiary/aromatic N) is 3. The Morgan fingerprint density at radius 3 is 2.81 bits per heavy atom. The molecule has 0 spiro atoms. The molecular formula is C15H26N4O2. The largest absolute Gasteiger partial charge is 0.379 e. The molecule has 118 valence electrons. The molecule has 6 heteroatoms. The summed E-state index contributed by atoms with van der Waals surface area (Å²) in [5, 5.41) is 4.12. The highest BCUT2D eigenvalue weighted by Gasteiger charge is 2.39. The van der Waals surface area contributed by atoms with E-state index >= 15 is 0 Å². The average Bonchev–Trinajstić information content (AvgIpc) is 3.05. The molecule has 1 aliphatic heterocycles. The highest BCUT2D eigenvalue weighted by Crippen LogP contribution is 2.48. The minimum atomic E-state index is -0.190. The van der Waals surface area contributed by atoms with Crippen molar-refractivity contribution in [1.82, 2.24) is 15.0 Å². The lowest BCUT2D eigenvalue weighted by Gasteiger charge is -2.28. The first-order valence-corrected chi connectivity index (χ1v) is 7.95. The lowest BCUT2D eigenvalue weighted by atomic mass is 9.82. The highest BCUT2D eigenvalue weighted by molar-refractivity contribution is 5.05. The second-order valence-electron chi connectivity index (χ2n) is 6.94. The summed E-state index contributed by atoms with van der Waals surface area (Å²) < 4.78 is 10.9. The van der Waals surface area contributed by atoms with Gasteiger partial charge in [0.25, 0.3) is 0 Å². The molecule has 2 unspecified atom stereocenters. The zero-order chi connectivity index (χ0) is 14.9. The van der Waals surface area contributed by atoms with Crippen molar-refractivity contribution in [3.8, 4) is 0 Å². The van der Waals surface area contributed by atoms with E-state index in [4.69, 9.17) is 15.0 Å². The molecular weight excluding hydrogens is 268 g/mol. The molecule has 1 saturated heterocycles. The zero-order valence-electron chi connectivity index (χ0n) is 13.0. The smallest absolute Gasteiger partial charge is 0.230 e. The van der Waals surface area contributed by atoms with Gasteiger partial charge in [-0.25, -0.2) is 0 Å². The molecule has 2 aliphatic rings. The predicted octanol–water partition coefficient (Wildman–Crippen LogP) is 1.70. The molecule has 1 aliphatic carbocycles. The summed E-state index contributed by atoms with van der Waals surface area (Å²) in [5.41, 5.74) is 6.49. The van der Waals surface area contributed by atoms with Crippen LogP contribution < -0.4 is 5.73 Å². The van der Waals surface area contributed by atoms with E-state index in [9.17, 15) is 0 Å². The van der Waals surface area contributed by atoms with Gasteiger partial charge in [0.1, 0.15) is 0 Å². The summed E-state index contributed by atoms with van der Waals surface area (Å²) in [6.45, 7) is 8.73. The summed E-state index contributed by atoms with van der Waals surface area (Å²) >= 11 is 0. The Labute approximate surface area is 126 Å². The number of aromatic nitrogens is 2. The Morgan fingerprint density at radius 2 is 2.14 bits per heavy atom. The molecule has 0 radical (unpaired) electrons. The van der Waals surface area contributed by atoms with Gasteiger partial charge < -0.3 is 15.0 Å². The summed E-state index contributed by atoms with van der Waals surface area (Å²) in [7, 11) is 0. The highest BCUT2D eigenvalue weighted by atomic mass is 16.5. The van der Waals surface area contributed by atoms with Gasteiger partial charge in [0, 0.05) is 25.6 Å². The van der Waals surface area contributed by atoms with Gasteiger partial charge in [-0.2, -0.15) is 4.98 Å². The third-order valence-corrected chi connectivity index (χ3v) is 4.90. The maximum absolute atomic E-state index is 6.24. The molecule has 3 rings (SSSR count). The van der Waals surface area contributed by atoms with Crippen LogP contribution in [-0.2, 0) is 4.74 Å². The summed E-state index contributed by atoms with van der Waals surface area (Å²) in [6, 6.07) is -0.190. The molecule has 2 atom stereocenters. The Bertz CT molecular complexity index is 468. The van der Waals surface area contributed by atoms with E-state index in [1.807, 2.05) is 0 Å². The van der Waals surface area contributed by atoms with Gasteiger partial charge in [-0.3, -0.25) is 4.90 Å². The van der Waals surface area contributed by atoms with Crippen molar-refractivity contribution < 1.29 is 9.26 Å². The maximum Gasteiger partial charge on any atom is 0.230 e. The number of hydrogen-bond acceptors (Lipinski definition) is 6. The van der Waals surface area contributed by atoms with E-state index in [1.54, 1.807) is 0 Å². The third-order valence-electron chi connectivity index (χ3n) is 4.90. The van der Waals surface area contributed by atoms with E-state index in [1.165, 1.54) is 12.8 Å². The first kappa shape index (κ1) is 14.9. The van der Waals surface area contributed by atoms with E-state index in [-0.39, 0.29) is 11.5 Å². The molecule has 21 heavy (non-hydrogen) atoms.